The molecule has 0 aliphatic heterocycles. The first-order chi connectivity index (χ1) is 14.8. The first kappa shape index (κ1) is 22.9. The molecule has 7 nitrogen and oxygen atoms in total. The van der Waals surface area contributed by atoms with Gasteiger partial charge in [-0.25, -0.2) is 12.8 Å². The number of nitrogens with zero attached hydrogens (tertiary/aromatic N) is 1. The van der Waals surface area contributed by atoms with E-state index < -0.39 is 28.4 Å². The number of carboxylic acid groups (broad SMARTS) is 1. The fourth-order valence-electron chi connectivity index (χ4n) is 3.72. The van der Waals surface area contributed by atoms with Crippen molar-refractivity contribution < 1.29 is 27.5 Å². The quantitative estimate of drug-likeness (QED) is 0.646. The Hall–Kier alpha value is -2.78. The molecule has 0 aromatic heterocycles. The molecule has 2 aromatic rings. The molecule has 2 N–H and O–H groups in total. The Bertz CT molecular complexity index is 1020. The summed E-state index contributed by atoms with van der Waals surface area (Å²) in [6, 6.07) is 11.1. The van der Waals surface area contributed by atoms with Crippen LogP contribution in [0.1, 0.15) is 48.0 Å². The lowest BCUT2D eigenvalue weighted by molar-refractivity contribution is -0.135. The zero-order valence-electron chi connectivity index (χ0n) is 17.0. The van der Waals surface area contributed by atoms with Crippen LogP contribution in [0.25, 0.3) is 0 Å². The molecule has 1 saturated carbocycles. The van der Waals surface area contributed by atoms with E-state index in [1.807, 2.05) is 0 Å². The highest BCUT2D eigenvalue weighted by Crippen LogP contribution is 2.29. The first-order valence-corrected chi connectivity index (χ1v) is 11.6. The Balaban J connectivity index is 1.85. The van der Waals surface area contributed by atoms with Crippen LogP contribution in [-0.2, 0) is 21.4 Å². The van der Waals surface area contributed by atoms with Crippen LogP contribution in [0.2, 0.25) is 0 Å². The van der Waals surface area contributed by atoms with Crippen LogP contribution in [0.15, 0.2) is 53.4 Å². The van der Waals surface area contributed by atoms with Crippen molar-refractivity contribution in [3.05, 3.63) is 65.5 Å². The number of carbonyl (C=O) groups is 2. The summed E-state index contributed by atoms with van der Waals surface area (Å²) in [6.45, 7) is -0.389. The predicted octanol–water partition coefficient (Wildman–Crippen LogP) is 3.16. The van der Waals surface area contributed by atoms with Gasteiger partial charge in [0.1, 0.15) is 12.4 Å². The van der Waals surface area contributed by atoms with Crippen LogP contribution < -0.4 is 5.32 Å². The van der Waals surface area contributed by atoms with Crippen molar-refractivity contribution in [2.75, 3.05) is 6.54 Å². The molecular weight excluding hydrogens is 423 g/mol. The Morgan fingerprint density at radius 2 is 1.61 bits per heavy atom. The Morgan fingerprint density at radius 3 is 2.19 bits per heavy atom. The van der Waals surface area contributed by atoms with Gasteiger partial charge in [-0.3, -0.25) is 9.59 Å². The van der Waals surface area contributed by atoms with Gasteiger partial charge in [-0.15, -0.1) is 0 Å². The molecule has 9 heteroatoms. The Morgan fingerprint density at radius 1 is 1.00 bits per heavy atom. The molecule has 0 saturated heterocycles. The van der Waals surface area contributed by atoms with Gasteiger partial charge in [0, 0.05) is 18.2 Å². The average Bonchev–Trinajstić information content (AvgIpc) is 2.77. The van der Waals surface area contributed by atoms with Gasteiger partial charge in [0.2, 0.25) is 10.0 Å². The summed E-state index contributed by atoms with van der Waals surface area (Å²) in [5, 5.41) is 10.9. The van der Waals surface area contributed by atoms with Crippen LogP contribution in [-0.4, -0.2) is 42.3 Å². The molecule has 0 unspecified atom stereocenters. The summed E-state index contributed by atoms with van der Waals surface area (Å²) >= 11 is 0. The maximum atomic E-state index is 13.5. The minimum atomic E-state index is -3.86. The molecule has 0 radical (unpaired) electrons. The van der Waals surface area contributed by atoms with Crippen LogP contribution >= 0.6 is 0 Å². The van der Waals surface area contributed by atoms with E-state index in [-0.39, 0.29) is 28.9 Å². The number of carbonyl (C=O) groups excluding carboxylic acids is 1. The highest BCUT2D eigenvalue weighted by Gasteiger charge is 2.32. The SMILES string of the molecule is O=C(O)CNC(=O)c1ccc(S(=O)(=O)N(Cc2ccc(F)cc2)C2CCCCC2)cc1. The molecule has 1 aliphatic carbocycles. The standard InChI is InChI=1S/C22H25FN2O5S/c23-18-10-6-16(7-11-18)15-25(19-4-2-1-3-5-19)31(29,30)20-12-8-17(9-13-20)22(28)24-14-21(26)27/h6-13,19H,1-5,14-15H2,(H,24,28)(H,26,27). The van der Waals surface area contributed by atoms with Gasteiger partial charge >= 0.3 is 5.97 Å². The van der Waals surface area contributed by atoms with E-state index in [4.69, 9.17) is 5.11 Å². The van der Waals surface area contributed by atoms with Crippen molar-refractivity contribution in [1.82, 2.24) is 9.62 Å². The molecular formula is C22H25FN2O5S. The number of hydrogen-bond acceptors (Lipinski definition) is 4. The lowest BCUT2D eigenvalue weighted by Crippen LogP contribution is -2.40. The number of halogens is 1. The smallest absolute Gasteiger partial charge is 0.322 e. The van der Waals surface area contributed by atoms with Gasteiger partial charge in [-0.05, 0) is 54.8 Å². The number of amides is 1. The van der Waals surface area contributed by atoms with E-state index >= 15 is 0 Å². The Labute approximate surface area is 180 Å². The zero-order valence-corrected chi connectivity index (χ0v) is 17.8. The minimum absolute atomic E-state index is 0.0509. The second-order valence-electron chi connectivity index (χ2n) is 7.57. The monoisotopic (exact) mass is 448 g/mol. The molecule has 1 aliphatic rings. The fourth-order valence-corrected chi connectivity index (χ4v) is 5.39. The summed E-state index contributed by atoms with van der Waals surface area (Å²) in [5.74, 6) is -2.15. The van der Waals surface area contributed by atoms with Gasteiger partial charge in [0.25, 0.3) is 5.91 Å². The number of carboxylic acids is 1. The first-order valence-electron chi connectivity index (χ1n) is 10.1. The van der Waals surface area contributed by atoms with Crippen LogP contribution in [0.3, 0.4) is 0 Å². The third kappa shape index (κ3) is 5.89. The van der Waals surface area contributed by atoms with Crippen LogP contribution in [0.5, 0.6) is 0 Å². The highest BCUT2D eigenvalue weighted by atomic mass is 32.2. The van der Waals surface area contributed by atoms with Crippen LogP contribution in [0, 0.1) is 5.82 Å². The van der Waals surface area contributed by atoms with Gasteiger partial charge in [0.05, 0.1) is 4.90 Å². The molecule has 1 fully saturated rings. The van der Waals surface area contributed by atoms with Crippen molar-refractivity contribution in [1.29, 1.82) is 0 Å². The second-order valence-corrected chi connectivity index (χ2v) is 9.46. The summed E-state index contributed by atoms with van der Waals surface area (Å²) in [6.07, 6.45) is 4.48. The maximum Gasteiger partial charge on any atom is 0.322 e. The maximum absolute atomic E-state index is 13.5. The van der Waals surface area contributed by atoms with E-state index in [2.05, 4.69) is 5.32 Å². The van der Waals surface area contributed by atoms with E-state index in [9.17, 15) is 22.4 Å². The molecule has 3 rings (SSSR count). The lowest BCUT2D eigenvalue weighted by Gasteiger charge is -2.33. The van der Waals surface area contributed by atoms with Gasteiger partial charge in [-0.1, -0.05) is 31.4 Å². The third-order valence-electron chi connectivity index (χ3n) is 5.36. The number of benzene rings is 2. The number of sulfonamides is 1. The van der Waals surface area contributed by atoms with E-state index in [0.717, 1.165) is 32.1 Å². The van der Waals surface area contributed by atoms with E-state index in [1.54, 1.807) is 12.1 Å². The predicted molar refractivity (Wildman–Crippen MR) is 112 cm³/mol. The van der Waals surface area contributed by atoms with Crippen molar-refractivity contribution in [3.63, 3.8) is 0 Å². The number of nitrogens with one attached hydrogen (secondary N) is 1. The summed E-state index contributed by atoms with van der Waals surface area (Å²) < 4.78 is 41.7. The minimum Gasteiger partial charge on any atom is -0.480 e. The number of aliphatic carboxylic acids is 1. The summed E-state index contributed by atoms with van der Waals surface area (Å²) in [5.41, 5.74) is 0.864. The van der Waals surface area contributed by atoms with Crippen molar-refractivity contribution >= 4 is 21.9 Å². The van der Waals surface area contributed by atoms with Crippen molar-refractivity contribution in [2.24, 2.45) is 0 Å². The van der Waals surface area contributed by atoms with Crippen molar-refractivity contribution in [2.45, 2.75) is 49.6 Å². The summed E-state index contributed by atoms with van der Waals surface area (Å²) in [7, 11) is -3.86. The zero-order chi connectivity index (χ0) is 22.4. The molecule has 1 amide bonds. The number of rotatable bonds is 8. The van der Waals surface area contributed by atoms with Gasteiger partial charge < -0.3 is 10.4 Å². The Kier molecular flexibility index (Phi) is 7.40. The summed E-state index contributed by atoms with van der Waals surface area (Å²) in [4.78, 5) is 22.6. The molecule has 0 spiro atoms. The molecule has 31 heavy (non-hydrogen) atoms. The van der Waals surface area contributed by atoms with Gasteiger partial charge in [0.15, 0.2) is 0 Å². The van der Waals surface area contributed by atoms with E-state index in [1.165, 1.54) is 40.7 Å². The molecule has 166 valence electrons. The highest BCUT2D eigenvalue weighted by molar-refractivity contribution is 7.89. The lowest BCUT2D eigenvalue weighted by atomic mass is 9.95. The third-order valence-corrected chi connectivity index (χ3v) is 7.27. The molecule has 2 aromatic carbocycles. The molecule has 0 heterocycles. The molecule has 0 atom stereocenters. The van der Waals surface area contributed by atoms with Gasteiger partial charge in [-0.2, -0.15) is 4.31 Å². The average molecular weight is 449 g/mol. The van der Waals surface area contributed by atoms with E-state index in [0.29, 0.717) is 5.56 Å². The van der Waals surface area contributed by atoms with Crippen molar-refractivity contribution in [3.8, 4) is 0 Å². The molecule has 0 bridgehead atoms. The second kappa shape index (κ2) is 10.0. The van der Waals surface area contributed by atoms with Crippen LogP contribution in [0.4, 0.5) is 4.39 Å². The topological polar surface area (TPSA) is 104 Å². The number of hydrogen-bond donors (Lipinski definition) is 2. The fraction of sp³-hybridized carbons (Fsp3) is 0.364. The largest absolute Gasteiger partial charge is 0.480 e. The normalized spacial score (nSPS) is 15.0.